The van der Waals surface area contributed by atoms with Crippen molar-refractivity contribution in [2.75, 3.05) is 5.48 Å². The molecule has 1 aliphatic rings. The lowest BCUT2D eigenvalue weighted by molar-refractivity contribution is 0.0983. The Balaban J connectivity index is 1.16. The fourth-order valence-corrected chi connectivity index (χ4v) is 6.95. The third-order valence-electron chi connectivity index (χ3n) is 8.59. The van der Waals surface area contributed by atoms with Gasteiger partial charge in [0.05, 0.1) is 48.8 Å². The van der Waals surface area contributed by atoms with Crippen molar-refractivity contribution in [1.29, 1.82) is 0 Å². The van der Waals surface area contributed by atoms with Gasteiger partial charge in [0.15, 0.2) is 0 Å². The number of anilines is 1. The molecule has 0 spiro atoms. The van der Waals surface area contributed by atoms with E-state index >= 15 is 0 Å². The second kappa shape index (κ2) is 12.8. The highest BCUT2D eigenvalue weighted by Gasteiger charge is 2.33. The summed E-state index contributed by atoms with van der Waals surface area (Å²) in [5, 5.41) is 27.8. The van der Waals surface area contributed by atoms with Gasteiger partial charge >= 0.3 is 0 Å². The lowest BCUT2D eigenvalue weighted by Crippen LogP contribution is -2.21. The lowest BCUT2D eigenvalue weighted by atomic mass is 10.0. The third kappa shape index (κ3) is 5.50. The van der Waals surface area contributed by atoms with Crippen molar-refractivity contribution in [2.24, 2.45) is 15.2 Å². The number of phenols is 1. The number of amides is 1. The Kier molecular flexibility index (Phi) is 8.13. The molecule has 1 amide bonds. The van der Waals surface area contributed by atoms with Gasteiger partial charge in [-0.3, -0.25) is 15.1 Å². The second-order valence-electron chi connectivity index (χ2n) is 11.7. The number of nitrogens with one attached hydrogen (secondary N) is 3. The number of para-hydroxylation sites is 2. The van der Waals surface area contributed by atoms with Gasteiger partial charge in [-0.2, -0.15) is 5.11 Å². The quantitative estimate of drug-likeness (QED) is 0.0743. The molecule has 7 aromatic rings. The van der Waals surface area contributed by atoms with Crippen LogP contribution in [0.5, 0.6) is 5.75 Å². The topological polar surface area (TPSA) is 123 Å². The largest absolute Gasteiger partial charge is 0.505 e. The fraction of sp³-hybridized carbons (Fsp3) is 0.0526. The number of H-pyrrole nitrogens is 1. The summed E-state index contributed by atoms with van der Waals surface area (Å²) in [7, 11) is 0. The predicted molar refractivity (Wildman–Crippen MR) is 200 cm³/mol. The van der Waals surface area contributed by atoms with Gasteiger partial charge in [-0.1, -0.05) is 83.3 Å². The van der Waals surface area contributed by atoms with Crippen LogP contribution in [-0.4, -0.2) is 21.8 Å². The van der Waals surface area contributed by atoms with Crippen LogP contribution >= 0.6 is 34.8 Å². The number of aromatic hydroxyl groups is 1. The van der Waals surface area contributed by atoms with E-state index in [4.69, 9.17) is 39.6 Å². The summed E-state index contributed by atoms with van der Waals surface area (Å²) in [5.74, 6) is -0.213. The minimum atomic E-state index is -0.433. The summed E-state index contributed by atoms with van der Waals surface area (Å²) in [6.07, 6.45) is 0. The van der Waals surface area contributed by atoms with E-state index in [1.165, 1.54) is 0 Å². The molecule has 0 aliphatic carbocycles. The first-order chi connectivity index (χ1) is 24.3. The first-order valence-electron chi connectivity index (χ1n) is 15.5. The van der Waals surface area contributed by atoms with Crippen molar-refractivity contribution in [2.45, 2.75) is 13.5 Å². The number of phenolic OH excluding ortho intramolecular Hbond substituents is 1. The van der Waals surface area contributed by atoms with Gasteiger partial charge in [-0.05, 0) is 66.4 Å². The van der Waals surface area contributed by atoms with Crippen LogP contribution in [0.1, 0.15) is 27.0 Å². The minimum absolute atomic E-state index is 0.0492. The van der Waals surface area contributed by atoms with Crippen LogP contribution in [0.4, 0.5) is 22.7 Å². The van der Waals surface area contributed by atoms with E-state index in [-0.39, 0.29) is 33.8 Å². The maximum atomic E-state index is 12.7. The number of hydrogen-bond donors (Lipinski definition) is 4. The van der Waals surface area contributed by atoms with Gasteiger partial charge in [0.25, 0.3) is 5.91 Å². The first kappa shape index (κ1) is 31.8. The van der Waals surface area contributed by atoms with E-state index < -0.39 is 5.91 Å². The Morgan fingerprint density at radius 3 is 2.34 bits per heavy atom. The molecule has 0 fully saturated rings. The van der Waals surface area contributed by atoms with E-state index in [0.717, 1.165) is 38.3 Å². The van der Waals surface area contributed by atoms with Gasteiger partial charge < -0.3 is 15.4 Å². The molecular weight excluding hydrogens is 695 g/mol. The van der Waals surface area contributed by atoms with Gasteiger partial charge in [0, 0.05) is 27.2 Å². The molecule has 50 heavy (non-hydrogen) atoms. The van der Waals surface area contributed by atoms with Crippen molar-refractivity contribution >= 4 is 102 Å². The molecule has 0 saturated carbocycles. The third-order valence-corrected chi connectivity index (χ3v) is 10.0. The molecule has 0 bridgehead atoms. The smallest absolute Gasteiger partial charge is 0.259 e. The van der Waals surface area contributed by atoms with Crippen LogP contribution in [0.3, 0.4) is 0 Å². The number of halogens is 3. The Morgan fingerprint density at radius 1 is 0.800 bits per heavy atom. The molecule has 0 unspecified atom stereocenters. The number of carbonyl (C=O) groups excluding carboxylic acids is 1. The number of carbonyl (C=O) groups is 1. The maximum absolute atomic E-state index is 12.7. The molecule has 2 heterocycles. The summed E-state index contributed by atoms with van der Waals surface area (Å²) in [6, 6.07) is 30.4. The van der Waals surface area contributed by atoms with Gasteiger partial charge in [-0.25, -0.2) is 4.99 Å². The summed E-state index contributed by atoms with van der Waals surface area (Å²) in [5.41, 5.74) is 8.53. The minimum Gasteiger partial charge on any atom is -0.505 e. The highest BCUT2D eigenvalue weighted by molar-refractivity contribution is 6.49. The summed E-state index contributed by atoms with van der Waals surface area (Å²) >= 11 is 19.2. The van der Waals surface area contributed by atoms with Crippen molar-refractivity contribution in [3.05, 3.63) is 134 Å². The van der Waals surface area contributed by atoms with Crippen LogP contribution < -0.4 is 10.8 Å². The molecule has 6 aromatic carbocycles. The van der Waals surface area contributed by atoms with E-state index in [9.17, 15) is 9.90 Å². The van der Waals surface area contributed by atoms with E-state index in [0.29, 0.717) is 38.8 Å². The summed E-state index contributed by atoms with van der Waals surface area (Å²) < 4.78 is 0. The van der Waals surface area contributed by atoms with E-state index in [1.807, 2.05) is 60.7 Å². The number of amidine groups is 1. The van der Waals surface area contributed by atoms with Crippen LogP contribution in [-0.2, 0) is 11.4 Å². The standard InChI is InChI=1S/C38H25Cl3N6O3/c1-19-31(39)29-30(33(41)32(19)40)38(49)44-37(29)42-22-12-14-23(15-13-22)45-46-35-28-20(11-16-26-25-9-5-6-10-27(25)43-34(26)28)17-21(36(35)48)18-50-47-24-7-3-2-4-8-24/h2-17,43,47-48H,18H2,1H3,(H,42,44,49). The zero-order valence-electron chi connectivity index (χ0n) is 26.2. The Labute approximate surface area is 300 Å². The van der Waals surface area contributed by atoms with Crippen molar-refractivity contribution < 1.29 is 14.7 Å². The first-order valence-corrected chi connectivity index (χ1v) is 16.6. The van der Waals surface area contributed by atoms with Gasteiger partial charge in [0.2, 0.25) is 0 Å². The molecule has 1 aliphatic heterocycles. The number of rotatable bonds is 7. The van der Waals surface area contributed by atoms with Gasteiger partial charge in [0.1, 0.15) is 23.9 Å². The van der Waals surface area contributed by atoms with E-state index in [2.05, 4.69) is 43.1 Å². The van der Waals surface area contributed by atoms with Crippen molar-refractivity contribution in [3.8, 4) is 5.75 Å². The molecule has 12 heteroatoms. The highest BCUT2D eigenvalue weighted by Crippen LogP contribution is 2.44. The summed E-state index contributed by atoms with van der Waals surface area (Å²) in [6.45, 7) is 1.80. The second-order valence-corrected chi connectivity index (χ2v) is 12.8. The fourth-order valence-electron chi connectivity index (χ4n) is 6.11. The number of aromatic amines is 1. The number of fused-ring (bicyclic) bond motifs is 6. The predicted octanol–water partition coefficient (Wildman–Crippen LogP) is 11.2. The Hall–Kier alpha value is -5.45. The number of benzene rings is 6. The number of aromatic nitrogens is 1. The molecule has 0 radical (unpaired) electrons. The van der Waals surface area contributed by atoms with Crippen molar-refractivity contribution in [1.82, 2.24) is 10.3 Å². The zero-order valence-corrected chi connectivity index (χ0v) is 28.5. The SMILES string of the molecule is Cc1c(Cl)c(Cl)c2c(c1Cl)/C(=N/c1ccc(N=Nc3c(O)c(CONc4ccccc4)cc4ccc5c6ccccc6[nH]c5c34)cc1)NC2=O. The Morgan fingerprint density at radius 2 is 1.54 bits per heavy atom. The lowest BCUT2D eigenvalue weighted by Gasteiger charge is -2.13. The normalized spacial score (nSPS) is 13.6. The summed E-state index contributed by atoms with van der Waals surface area (Å²) in [4.78, 5) is 26.6. The molecule has 1 aromatic heterocycles. The molecular formula is C38H25Cl3N6O3. The molecule has 9 nitrogen and oxygen atoms in total. The number of aliphatic imine (C=N–C) groups is 1. The van der Waals surface area contributed by atoms with Crippen LogP contribution in [0.15, 0.2) is 112 Å². The van der Waals surface area contributed by atoms with Crippen molar-refractivity contribution in [3.63, 3.8) is 0 Å². The highest BCUT2D eigenvalue weighted by atomic mass is 35.5. The molecule has 0 saturated heterocycles. The van der Waals surface area contributed by atoms with E-state index in [1.54, 1.807) is 31.2 Å². The van der Waals surface area contributed by atoms with Crippen LogP contribution in [0.25, 0.3) is 32.6 Å². The number of nitrogens with zero attached hydrogens (tertiary/aromatic N) is 3. The molecule has 0 atom stereocenters. The molecule has 4 N–H and O–H groups in total. The van der Waals surface area contributed by atoms with Crippen LogP contribution in [0, 0.1) is 6.92 Å². The van der Waals surface area contributed by atoms with Gasteiger partial charge in [-0.15, -0.1) is 5.11 Å². The molecule has 8 rings (SSSR count). The zero-order chi connectivity index (χ0) is 34.5. The average molecular weight is 720 g/mol. The monoisotopic (exact) mass is 718 g/mol. The maximum Gasteiger partial charge on any atom is 0.259 e. The Bertz CT molecular complexity index is 2570. The van der Waals surface area contributed by atoms with Crippen LogP contribution in [0.2, 0.25) is 15.1 Å². The number of hydrogen-bond acceptors (Lipinski definition) is 7. The number of azo groups is 1. The molecule has 246 valence electrons. The average Bonchev–Trinajstić information content (AvgIpc) is 3.67.